The van der Waals surface area contributed by atoms with Crippen LogP contribution in [0.5, 0.6) is 0 Å². The molecule has 0 saturated carbocycles. The van der Waals surface area contributed by atoms with Crippen LogP contribution in [-0.4, -0.2) is 17.0 Å². The Morgan fingerprint density at radius 3 is 1.46 bits per heavy atom. The van der Waals surface area contributed by atoms with E-state index in [2.05, 4.69) is 91.0 Å². The van der Waals surface area contributed by atoms with E-state index in [1.54, 1.807) is 18.2 Å². The van der Waals surface area contributed by atoms with Crippen molar-refractivity contribution in [3.63, 3.8) is 0 Å². The first-order valence-electron chi connectivity index (χ1n) is 16.3. The number of carboxylic acid groups (broad SMARTS) is 1. The molecule has 0 aliphatic heterocycles. The van der Waals surface area contributed by atoms with Crippen LogP contribution in [0.3, 0.4) is 0 Å². The molecular formula is C44H60ClNO4. The Balaban J connectivity index is 0.000000502. The number of benzene rings is 2. The number of hydrogen-bond donors (Lipinski definition) is 2. The van der Waals surface area contributed by atoms with E-state index in [1.807, 2.05) is 12.1 Å². The second-order valence-corrected chi connectivity index (χ2v) is 15.9. The number of fused-ring (bicyclic) bond motifs is 2. The van der Waals surface area contributed by atoms with Gasteiger partial charge in [0.05, 0.1) is 5.02 Å². The molecule has 2 aliphatic carbocycles. The summed E-state index contributed by atoms with van der Waals surface area (Å²) in [7, 11) is 0. The molecule has 50 heavy (non-hydrogen) atoms. The third kappa shape index (κ3) is 10.5. The minimum absolute atomic E-state index is 0. The van der Waals surface area contributed by atoms with E-state index in [9.17, 15) is 14.4 Å². The Kier molecular flexibility index (Phi) is 14.8. The Morgan fingerprint density at radius 2 is 1.02 bits per heavy atom. The highest BCUT2D eigenvalue weighted by Gasteiger charge is 2.38. The average Bonchev–Trinajstić information content (AvgIpc) is 3.16. The maximum absolute atomic E-state index is 12.3. The van der Waals surface area contributed by atoms with Crippen LogP contribution in [0.15, 0.2) is 77.6 Å². The number of amides is 1. The van der Waals surface area contributed by atoms with Crippen molar-refractivity contribution in [2.24, 2.45) is 0 Å². The van der Waals surface area contributed by atoms with Crippen LogP contribution in [-0.2, 0) is 31.2 Å². The lowest BCUT2D eigenvalue weighted by atomic mass is 9.63. The van der Waals surface area contributed by atoms with E-state index in [4.69, 9.17) is 16.7 Å². The molecule has 3 aromatic carbocycles. The van der Waals surface area contributed by atoms with Crippen molar-refractivity contribution in [3.8, 4) is 0 Å². The van der Waals surface area contributed by atoms with Crippen molar-refractivity contribution in [2.75, 3.05) is 5.32 Å². The van der Waals surface area contributed by atoms with Gasteiger partial charge in [0, 0.05) is 17.8 Å². The summed E-state index contributed by atoms with van der Waals surface area (Å²) < 4.78 is 0. The summed E-state index contributed by atoms with van der Waals surface area (Å²) in [6.45, 7) is 18.3. The number of carboxylic acids is 1. The molecule has 0 bridgehead atoms. The molecule has 0 saturated heterocycles. The number of nitrogens with one attached hydrogen (secondary N) is 1. The van der Waals surface area contributed by atoms with Gasteiger partial charge in [0.2, 0.25) is 5.91 Å². The van der Waals surface area contributed by atoms with Crippen LogP contribution >= 0.6 is 11.6 Å². The summed E-state index contributed by atoms with van der Waals surface area (Å²) in [5.74, 6) is -1.16. The molecule has 1 amide bonds. The zero-order valence-corrected chi connectivity index (χ0v) is 29.7. The highest BCUT2D eigenvalue weighted by atomic mass is 35.5. The highest BCUT2D eigenvalue weighted by molar-refractivity contribution is 6.30. The molecule has 0 radical (unpaired) electrons. The van der Waals surface area contributed by atoms with Crippen molar-refractivity contribution in [1.82, 2.24) is 0 Å². The number of anilines is 1. The van der Waals surface area contributed by atoms with Crippen LogP contribution in [0.1, 0.15) is 137 Å². The minimum atomic E-state index is -0.905. The largest absolute Gasteiger partial charge is 0.478 e. The van der Waals surface area contributed by atoms with Gasteiger partial charge in [0.1, 0.15) is 0 Å². The maximum atomic E-state index is 12.3. The fourth-order valence-electron chi connectivity index (χ4n) is 6.57. The number of carbonyl (C=O) groups excluding carboxylic acids is 1. The van der Waals surface area contributed by atoms with Gasteiger partial charge in [-0.15, -0.1) is 0 Å². The molecule has 2 aliphatic rings. The summed E-state index contributed by atoms with van der Waals surface area (Å²) in [5.41, 5.74) is 8.40. The van der Waals surface area contributed by atoms with Gasteiger partial charge in [-0.3, -0.25) is 9.59 Å². The third-order valence-corrected chi connectivity index (χ3v) is 10.2. The first-order valence-corrected chi connectivity index (χ1v) is 16.7. The van der Waals surface area contributed by atoms with E-state index in [0.717, 1.165) is 17.5 Å². The molecule has 0 aromatic heterocycles. The number of rotatable bonds is 5. The Hall–Kier alpha value is -3.96. The number of halogens is 1. The summed E-state index contributed by atoms with van der Waals surface area (Å²) in [6, 6.07) is 18.8. The van der Waals surface area contributed by atoms with Crippen LogP contribution in [0.4, 0.5) is 5.69 Å². The SMILES string of the molecule is C.C.C.CC1(C)CCC(C)(C)c2cc(/C=C/C(=O)Nc3ccc(Cl)c(=O)cc3)ccc21.CC1(C)CCC(C)(C)c2cc(/C=C/C(=O)O)ccc21. The van der Waals surface area contributed by atoms with Crippen LogP contribution < -0.4 is 10.7 Å². The fraction of sp³-hybridized carbons (Fsp3) is 0.432. The van der Waals surface area contributed by atoms with Gasteiger partial charge < -0.3 is 10.4 Å². The molecule has 2 N–H and O–H groups in total. The monoisotopic (exact) mass is 701 g/mol. The van der Waals surface area contributed by atoms with Crippen molar-refractivity contribution < 1.29 is 14.7 Å². The van der Waals surface area contributed by atoms with Gasteiger partial charge in [-0.2, -0.15) is 0 Å². The molecule has 0 heterocycles. The second kappa shape index (κ2) is 16.8. The van der Waals surface area contributed by atoms with E-state index < -0.39 is 5.97 Å². The smallest absolute Gasteiger partial charge is 0.328 e. The van der Waals surface area contributed by atoms with Gasteiger partial charge in [0.25, 0.3) is 0 Å². The van der Waals surface area contributed by atoms with E-state index >= 15 is 0 Å². The predicted molar refractivity (Wildman–Crippen MR) is 216 cm³/mol. The van der Waals surface area contributed by atoms with E-state index in [-0.39, 0.29) is 60.3 Å². The summed E-state index contributed by atoms with van der Waals surface area (Å²) >= 11 is 5.80. The van der Waals surface area contributed by atoms with Crippen molar-refractivity contribution in [3.05, 3.63) is 121 Å². The third-order valence-electron chi connectivity index (χ3n) is 9.93. The molecule has 5 rings (SSSR count). The van der Waals surface area contributed by atoms with Crippen molar-refractivity contribution in [1.29, 1.82) is 0 Å². The lowest BCUT2D eigenvalue weighted by Gasteiger charge is -2.42. The van der Waals surface area contributed by atoms with Gasteiger partial charge >= 0.3 is 5.97 Å². The van der Waals surface area contributed by atoms with Gasteiger partial charge in [-0.1, -0.05) is 126 Å². The molecule has 5 nitrogen and oxygen atoms in total. The molecule has 3 aromatic rings. The van der Waals surface area contributed by atoms with Crippen LogP contribution in [0, 0.1) is 0 Å². The quantitative estimate of drug-likeness (QED) is 0.259. The Labute approximate surface area is 306 Å². The summed E-state index contributed by atoms with van der Waals surface area (Å²) in [6.07, 6.45) is 10.9. The first-order chi connectivity index (χ1) is 21.8. The number of hydrogen-bond acceptors (Lipinski definition) is 3. The fourth-order valence-corrected chi connectivity index (χ4v) is 6.70. The average molecular weight is 702 g/mol. The molecule has 0 fully saturated rings. The van der Waals surface area contributed by atoms with E-state index in [0.29, 0.717) is 5.69 Å². The second-order valence-electron chi connectivity index (χ2n) is 15.5. The zero-order valence-electron chi connectivity index (χ0n) is 29.0. The maximum Gasteiger partial charge on any atom is 0.328 e. The lowest BCUT2D eigenvalue weighted by Crippen LogP contribution is -2.33. The standard InChI is InChI=1S/C24H26ClNO2.C17H22O2.3CH4/c1-23(2)13-14-24(3,4)19-15-16(5-9-18(19)23)6-12-22(28)26-17-7-10-20(25)21(27)11-8-17;1-16(2)9-10-17(3,4)14-11-12(5-7-13(14)16)6-8-15(18)19;;;/h5-12,15H,13-14H2,1-4H3,(H,26,28);5-8,11H,9-10H2,1-4H3,(H,18,19);3*1H4/b12-6+;8-6+;;;. The lowest BCUT2D eigenvalue weighted by molar-refractivity contribution is -0.131. The summed E-state index contributed by atoms with van der Waals surface area (Å²) in [4.78, 5) is 34.4. The molecular weight excluding hydrogens is 642 g/mol. The molecule has 0 unspecified atom stereocenters. The van der Waals surface area contributed by atoms with Gasteiger partial charge in [-0.25, -0.2) is 4.79 Å². The first kappa shape index (κ1) is 44.1. The molecule has 272 valence electrons. The van der Waals surface area contributed by atoms with Gasteiger partial charge in [-0.05, 0) is 117 Å². The van der Waals surface area contributed by atoms with E-state index in [1.165, 1.54) is 65.8 Å². The van der Waals surface area contributed by atoms with Crippen molar-refractivity contribution >= 4 is 41.3 Å². The topological polar surface area (TPSA) is 83.5 Å². The molecule has 0 spiro atoms. The number of carbonyl (C=O) groups is 2. The van der Waals surface area contributed by atoms with Crippen LogP contribution in [0.2, 0.25) is 5.02 Å². The summed E-state index contributed by atoms with van der Waals surface area (Å²) in [5, 5.41) is 11.6. The predicted octanol–water partition coefficient (Wildman–Crippen LogP) is 11.7. The Morgan fingerprint density at radius 1 is 0.620 bits per heavy atom. The van der Waals surface area contributed by atoms with Crippen molar-refractivity contribution in [2.45, 2.75) is 125 Å². The Bertz CT molecular complexity index is 1800. The zero-order chi connectivity index (χ0) is 34.8. The molecule has 6 heteroatoms. The minimum Gasteiger partial charge on any atom is -0.478 e. The van der Waals surface area contributed by atoms with Crippen LogP contribution in [0.25, 0.3) is 12.2 Å². The number of aliphatic carboxylic acids is 1. The normalized spacial score (nSPS) is 17.3. The highest BCUT2D eigenvalue weighted by Crippen LogP contribution is 2.47. The molecule has 0 atom stereocenters. The van der Waals surface area contributed by atoms with Gasteiger partial charge in [0.15, 0.2) is 5.43 Å².